The van der Waals surface area contributed by atoms with Gasteiger partial charge in [0.25, 0.3) is 0 Å². The fourth-order valence-corrected chi connectivity index (χ4v) is 3.49. The third kappa shape index (κ3) is 2.62. The molecule has 0 radical (unpaired) electrons. The number of thiazole rings is 1. The quantitative estimate of drug-likeness (QED) is 0.523. The molecule has 7 nitrogen and oxygen atoms in total. The first kappa shape index (κ1) is 14.8. The molecule has 0 spiro atoms. The molecule has 126 valence electrons. The van der Waals surface area contributed by atoms with Crippen LogP contribution in [0.5, 0.6) is 5.88 Å². The molecule has 0 saturated carbocycles. The molecule has 0 atom stereocenters. The number of rotatable bonds is 3. The fraction of sp³-hybridized carbons (Fsp3) is 0. The summed E-state index contributed by atoms with van der Waals surface area (Å²) in [5, 5.41) is 15.0. The minimum Gasteiger partial charge on any atom is -0.492 e. The predicted molar refractivity (Wildman–Crippen MR) is 102 cm³/mol. The smallest absolute Gasteiger partial charge is 0.238 e. The molecule has 0 amide bonds. The number of nitrogens with one attached hydrogen (secondary N) is 2. The first-order valence-corrected chi connectivity index (χ1v) is 8.74. The Kier molecular flexibility index (Phi) is 3.29. The summed E-state index contributed by atoms with van der Waals surface area (Å²) in [4.78, 5) is 19.8. The van der Waals surface area contributed by atoms with Crippen LogP contribution in [0.4, 0.5) is 17.3 Å². The normalized spacial score (nSPS) is 13.2. The van der Waals surface area contributed by atoms with Crippen LogP contribution in [0.1, 0.15) is 5.69 Å². The number of anilines is 2. The van der Waals surface area contributed by atoms with Gasteiger partial charge in [-0.15, -0.1) is 11.3 Å². The van der Waals surface area contributed by atoms with Crippen molar-refractivity contribution in [1.29, 1.82) is 0 Å². The summed E-state index contributed by atoms with van der Waals surface area (Å²) in [6.07, 6.45) is 3.35. The van der Waals surface area contributed by atoms with Gasteiger partial charge in [-0.25, -0.2) is 15.0 Å². The number of nitrogens with zero attached hydrogens (tertiary/aromatic N) is 4. The zero-order valence-electron chi connectivity index (χ0n) is 13.3. The van der Waals surface area contributed by atoms with Crippen molar-refractivity contribution >= 4 is 51.3 Å². The molecule has 0 bridgehead atoms. The number of aromatic nitrogens is 3. The Morgan fingerprint density at radius 1 is 1.15 bits per heavy atom. The van der Waals surface area contributed by atoms with E-state index in [4.69, 9.17) is 0 Å². The van der Waals surface area contributed by atoms with Gasteiger partial charge in [0.2, 0.25) is 11.8 Å². The molecule has 3 heterocycles. The largest absolute Gasteiger partial charge is 0.492 e. The Bertz CT molecular complexity index is 1290. The monoisotopic (exact) mass is 360 g/mol. The Morgan fingerprint density at radius 3 is 3.08 bits per heavy atom. The number of hydrogen-bond acceptors (Lipinski definition) is 7. The molecule has 0 unspecified atom stereocenters. The zero-order chi connectivity index (χ0) is 17.5. The molecule has 0 aliphatic carbocycles. The topological polar surface area (TPSA) is 98.6 Å². The molecular weight excluding hydrogens is 348 g/mol. The number of aromatic hydroxyl groups is 1. The van der Waals surface area contributed by atoms with Gasteiger partial charge < -0.3 is 15.4 Å². The van der Waals surface area contributed by atoms with E-state index >= 15 is 0 Å². The third-order valence-corrected chi connectivity index (χ3v) is 4.80. The van der Waals surface area contributed by atoms with Crippen LogP contribution in [0.15, 0.2) is 51.9 Å². The van der Waals surface area contributed by atoms with E-state index in [0.717, 1.165) is 32.2 Å². The average Bonchev–Trinajstić information content (AvgIpc) is 3.35. The highest BCUT2D eigenvalue weighted by molar-refractivity contribution is 7.16. The maximum Gasteiger partial charge on any atom is 0.238 e. The van der Waals surface area contributed by atoms with Gasteiger partial charge in [0, 0.05) is 5.69 Å². The van der Waals surface area contributed by atoms with Crippen LogP contribution in [-0.4, -0.2) is 26.4 Å². The Morgan fingerprint density at radius 2 is 2.12 bits per heavy atom. The van der Waals surface area contributed by atoms with Crippen LogP contribution in [-0.2, 0) is 0 Å². The van der Waals surface area contributed by atoms with E-state index in [-0.39, 0.29) is 5.88 Å². The third-order valence-electron chi connectivity index (χ3n) is 4.01. The van der Waals surface area contributed by atoms with E-state index in [1.54, 1.807) is 11.3 Å². The second kappa shape index (κ2) is 5.78. The van der Waals surface area contributed by atoms with Crippen molar-refractivity contribution in [2.75, 3.05) is 5.32 Å². The first-order chi connectivity index (χ1) is 12.7. The summed E-state index contributed by atoms with van der Waals surface area (Å²) in [6.45, 7) is 0. The van der Waals surface area contributed by atoms with E-state index in [2.05, 4.69) is 30.3 Å². The molecule has 26 heavy (non-hydrogen) atoms. The van der Waals surface area contributed by atoms with Crippen molar-refractivity contribution in [1.82, 2.24) is 15.0 Å². The summed E-state index contributed by atoms with van der Waals surface area (Å²) in [5.41, 5.74) is 4.98. The van der Waals surface area contributed by atoms with Crippen molar-refractivity contribution in [3.63, 3.8) is 0 Å². The second-order valence-electron chi connectivity index (χ2n) is 5.75. The Hall–Kier alpha value is -3.52. The Labute approximate surface area is 151 Å². The lowest BCUT2D eigenvalue weighted by atomic mass is 10.2. The second-order valence-corrected chi connectivity index (χ2v) is 6.64. The van der Waals surface area contributed by atoms with Crippen molar-refractivity contribution in [2.45, 2.75) is 0 Å². The highest BCUT2D eigenvalue weighted by Crippen LogP contribution is 2.25. The number of benzene rings is 2. The summed E-state index contributed by atoms with van der Waals surface area (Å²) in [5.74, 6) is 0.395. The van der Waals surface area contributed by atoms with Crippen LogP contribution in [0.3, 0.4) is 0 Å². The fourth-order valence-electron chi connectivity index (χ4n) is 2.77. The zero-order valence-corrected chi connectivity index (χ0v) is 14.2. The molecule has 4 aromatic rings. The van der Waals surface area contributed by atoms with E-state index in [9.17, 15) is 5.11 Å². The maximum atomic E-state index is 10.1. The lowest BCUT2D eigenvalue weighted by Crippen LogP contribution is -2.07. The van der Waals surface area contributed by atoms with Gasteiger partial charge in [0.1, 0.15) is 12.0 Å². The van der Waals surface area contributed by atoms with Crippen molar-refractivity contribution in [3.05, 3.63) is 58.2 Å². The van der Waals surface area contributed by atoms with Gasteiger partial charge in [0.15, 0.2) is 0 Å². The summed E-state index contributed by atoms with van der Waals surface area (Å²) in [6, 6.07) is 11.6. The highest BCUT2D eigenvalue weighted by Gasteiger charge is 2.08. The van der Waals surface area contributed by atoms with Gasteiger partial charge in [-0.3, -0.25) is 0 Å². The minimum atomic E-state index is -0.0694. The predicted octanol–water partition coefficient (Wildman–Crippen LogP) is 2.59. The van der Waals surface area contributed by atoms with E-state index in [1.165, 1.54) is 6.34 Å². The van der Waals surface area contributed by atoms with Gasteiger partial charge in [-0.05, 0) is 41.6 Å². The molecule has 5 rings (SSSR count). The number of aromatic amines is 1. The van der Waals surface area contributed by atoms with Crippen molar-refractivity contribution in [2.24, 2.45) is 9.98 Å². The molecule has 8 heteroatoms. The van der Waals surface area contributed by atoms with Gasteiger partial charge in [-0.2, -0.15) is 4.98 Å². The van der Waals surface area contributed by atoms with E-state index in [0.29, 0.717) is 11.6 Å². The molecule has 0 saturated heterocycles. The number of imidazole rings is 1. The van der Waals surface area contributed by atoms with Crippen molar-refractivity contribution in [3.8, 4) is 5.88 Å². The van der Waals surface area contributed by atoms with E-state index < -0.39 is 0 Å². The van der Waals surface area contributed by atoms with Crippen molar-refractivity contribution < 1.29 is 5.11 Å². The van der Waals surface area contributed by atoms with Crippen LogP contribution in [0.25, 0.3) is 16.3 Å². The van der Waals surface area contributed by atoms with Crippen LogP contribution < -0.4 is 15.9 Å². The number of fused-ring (bicyclic) bond motifs is 2. The molecule has 1 aliphatic heterocycles. The number of aliphatic imine (C=N–C) groups is 1. The van der Waals surface area contributed by atoms with Gasteiger partial charge in [0.05, 0.1) is 26.8 Å². The molecule has 0 fully saturated rings. The van der Waals surface area contributed by atoms with Gasteiger partial charge in [-0.1, -0.05) is 6.07 Å². The van der Waals surface area contributed by atoms with Crippen LogP contribution >= 0.6 is 11.3 Å². The number of H-pyrrole nitrogens is 1. The molecule has 2 aromatic heterocycles. The maximum absolute atomic E-state index is 10.1. The Balaban J connectivity index is 1.47. The average molecular weight is 360 g/mol. The minimum absolute atomic E-state index is 0.0694. The lowest BCUT2D eigenvalue weighted by molar-refractivity contribution is 0.455. The molecule has 3 N–H and O–H groups in total. The molecular formula is C18H12N6OS. The van der Waals surface area contributed by atoms with Gasteiger partial charge >= 0.3 is 0 Å². The van der Waals surface area contributed by atoms with Crippen LogP contribution in [0.2, 0.25) is 0 Å². The molecule has 1 aliphatic rings. The first-order valence-electron chi connectivity index (χ1n) is 7.86. The molecule has 2 aromatic carbocycles. The lowest BCUT2D eigenvalue weighted by Gasteiger charge is -2.01. The summed E-state index contributed by atoms with van der Waals surface area (Å²) < 4.78 is 1.08. The highest BCUT2D eigenvalue weighted by atomic mass is 32.1. The summed E-state index contributed by atoms with van der Waals surface area (Å²) >= 11 is 1.58. The number of hydrogen-bond donors (Lipinski definition) is 3. The standard InChI is InChI=1S/C18H12N6OS/c25-17-15(6-10-1-3-12-14(5-10)20-8-19-12)23-18(24-17)22-11-2-4-13-16(7-11)26-9-21-13/h1-9,25H,(H2,22,23,24). The summed E-state index contributed by atoms with van der Waals surface area (Å²) in [7, 11) is 0. The SMILES string of the molecule is Oc1nc(Nc2ccc3ncsc3c2)[nH]c1C=c1ccc2c(c1)N=CN=2. The van der Waals surface area contributed by atoms with E-state index in [1.807, 2.05) is 48.0 Å². The van der Waals surface area contributed by atoms with Crippen LogP contribution in [0, 0.1) is 0 Å².